The van der Waals surface area contributed by atoms with Gasteiger partial charge in [0.15, 0.2) is 5.03 Å². The number of pyridine rings is 1. The number of nitrogens with two attached hydrogens (primary N) is 1. The molecule has 19 heavy (non-hydrogen) atoms. The van der Waals surface area contributed by atoms with Crippen molar-refractivity contribution in [2.45, 2.75) is 17.9 Å². The summed E-state index contributed by atoms with van der Waals surface area (Å²) in [6, 6.07) is 3.10. The Morgan fingerprint density at radius 2 is 2.21 bits per heavy atom. The average molecular weight is 298 g/mol. The number of anilines is 1. The molecule has 102 valence electrons. The van der Waals surface area contributed by atoms with Crippen molar-refractivity contribution in [3.8, 4) is 0 Å². The maximum Gasteiger partial charge on any atom is 0.260 e. The number of hydrogen-bond acceptors (Lipinski definition) is 6. The number of nitrogen functional groups attached to an aromatic ring is 1. The molecule has 0 aromatic carbocycles. The van der Waals surface area contributed by atoms with Crippen LogP contribution in [0.2, 0.25) is 0 Å². The normalized spacial score (nSPS) is 13.3. The van der Waals surface area contributed by atoms with Crippen LogP contribution in [-0.2, 0) is 10.0 Å². The van der Waals surface area contributed by atoms with E-state index in [1.54, 1.807) is 12.3 Å². The third-order valence-corrected chi connectivity index (χ3v) is 4.91. The Hall–Kier alpha value is -1.51. The smallest absolute Gasteiger partial charge is 0.260 e. The van der Waals surface area contributed by atoms with Gasteiger partial charge in [-0.1, -0.05) is 6.92 Å². The van der Waals surface area contributed by atoms with Gasteiger partial charge in [0, 0.05) is 30.2 Å². The maximum absolute atomic E-state index is 12.1. The van der Waals surface area contributed by atoms with Crippen molar-refractivity contribution in [1.82, 2.24) is 14.7 Å². The molecule has 0 aliphatic carbocycles. The zero-order chi connectivity index (χ0) is 13.9. The predicted octanol–water partition coefficient (Wildman–Crippen LogP) is 1.20. The molecular weight excluding hydrogens is 284 g/mol. The molecule has 8 heteroatoms. The van der Waals surface area contributed by atoms with Gasteiger partial charge in [-0.3, -0.25) is 0 Å². The van der Waals surface area contributed by atoms with E-state index in [0.717, 1.165) is 5.01 Å². The summed E-state index contributed by atoms with van der Waals surface area (Å²) in [6.45, 7) is 2.16. The molecular formula is C11H14N4O2S2. The van der Waals surface area contributed by atoms with Gasteiger partial charge in [-0.05, 0) is 12.1 Å². The molecule has 2 aromatic heterocycles. The van der Waals surface area contributed by atoms with E-state index in [0.29, 0.717) is 0 Å². The zero-order valence-corrected chi connectivity index (χ0v) is 11.9. The molecule has 0 saturated carbocycles. The number of thiazole rings is 1. The summed E-state index contributed by atoms with van der Waals surface area (Å²) in [6.07, 6.45) is 3.09. The number of nitrogens with one attached hydrogen (secondary N) is 1. The van der Waals surface area contributed by atoms with Crippen LogP contribution >= 0.6 is 11.3 Å². The fourth-order valence-electron chi connectivity index (χ4n) is 1.50. The Bertz CT molecular complexity index is 640. The van der Waals surface area contributed by atoms with Crippen molar-refractivity contribution in [2.75, 3.05) is 12.3 Å². The molecule has 0 radical (unpaired) electrons. The SMILES string of the molecule is CC(CNS(=O)(=O)c1ncccc1N)c1nccs1. The molecule has 1 atom stereocenters. The predicted molar refractivity (Wildman–Crippen MR) is 74.4 cm³/mol. The van der Waals surface area contributed by atoms with Crippen molar-refractivity contribution < 1.29 is 8.42 Å². The van der Waals surface area contributed by atoms with Crippen LogP contribution in [0.3, 0.4) is 0 Å². The monoisotopic (exact) mass is 298 g/mol. The lowest BCUT2D eigenvalue weighted by Crippen LogP contribution is -2.29. The fourth-order valence-corrected chi connectivity index (χ4v) is 3.38. The summed E-state index contributed by atoms with van der Waals surface area (Å²) in [5, 5.41) is 2.61. The number of sulfonamides is 1. The van der Waals surface area contributed by atoms with E-state index < -0.39 is 10.0 Å². The number of nitrogens with zero attached hydrogens (tertiary/aromatic N) is 2. The van der Waals surface area contributed by atoms with Crippen molar-refractivity contribution in [2.24, 2.45) is 0 Å². The van der Waals surface area contributed by atoms with Gasteiger partial charge >= 0.3 is 0 Å². The summed E-state index contributed by atoms with van der Waals surface area (Å²) in [5.41, 5.74) is 5.75. The minimum Gasteiger partial charge on any atom is -0.396 e. The molecule has 0 spiro atoms. The fraction of sp³-hybridized carbons (Fsp3) is 0.273. The number of aromatic nitrogens is 2. The van der Waals surface area contributed by atoms with Gasteiger partial charge in [0.2, 0.25) is 0 Å². The number of rotatable bonds is 5. The Morgan fingerprint density at radius 1 is 1.42 bits per heavy atom. The standard InChI is InChI=1S/C11H14N4O2S2/c1-8(10-13-5-6-18-10)7-15-19(16,17)11-9(12)3-2-4-14-11/h2-6,8,15H,7,12H2,1H3. The summed E-state index contributed by atoms with van der Waals surface area (Å²) >= 11 is 1.49. The molecule has 0 bridgehead atoms. The van der Waals surface area contributed by atoms with Gasteiger partial charge in [0.05, 0.1) is 10.7 Å². The molecule has 0 saturated heterocycles. The lowest BCUT2D eigenvalue weighted by molar-refractivity contribution is 0.571. The summed E-state index contributed by atoms with van der Waals surface area (Å²) in [4.78, 5) is 7.95. The lowest BCUT2D eigenvalue weighted by Gasteiger charge is -2.11. The van der Waals surface area contributed by atoms with Gasteiger partial charge in [-0.25, -0.2) is 23.1 Å². The first-order valence-corrected chi connectivity index (χ1v) is 7.96. The van der Waals surface area contributed by atoms with Crippen molar-refractivity contribution >= 4 is 27.0 Å². The van der Waals surface area contributed by atoms with Crippen LogP contribution in [0.5, 0.6) is 0 Å². The second kappa shape index (κ2) is 5.64. The first kappa shape index (κ1) is 13.9. The van der Waals surface area contributed by atoms with Gasteiger partial charge in [-0.2, -0.15) is 0 Å². The first-order valence-electron chi connectivity index (χ1n) is 5.60. The topological polar surface area (TPSA) is 98.0 Å². The third kappa shape index (κ3) is 3.28. The second-order valence-corrected chi connectivity index (χ2v) is 6.63. The van der Waals surface area contributed by atoms with E-state index in [-0.39, 0.29) is 23.2 Å². The third-order valence-electron chi connectivity index (χ3n) is 2.51. The summed E-state index contributed by atoms with van der Waals surface area (Å²) in [5.74, 6) is -0.000267. The second-order valence-electron chi connectivity index (χ2n) is 4.02. The highest BCUT2D eigenvalue weighted by Crippen LogP contribution is 2.18. The van der Waals surface area contributed by atoms with E-state index in [1.165, 1.54) is 23.6 Å². The lowest BCUT2D eigenvalue weighted by atomic mass is 10.2. The average Bonchev–Trinajstić information content (AvgIpc) is 2.90. The molecule has 6 nitrogen and oxygen atoms in total. The highest BCUT2D eigenvalue weighted by atomic mass is 32.2. The minimum absolute atomic E-state index is 0.000267. The molecule has 0 aliphatic heterocycles. The first-order chi connectivity index (χ1) is 9.00. The van der Waals surface area contributed by atoms with Gasteiger partial charge in [-0.15, -0.1) is 11.3 Å². The van der Waals surface area contributed by atoms with Gasteiger partial charge in [0.1, 0.15) is 0 Å². The van der Waals surface area contributed by atoms with Crippen LogP contribution in [-0.4, -0.2) is 24.9 Å². The largest absolute Gasteiger partial charge is 0.396 e. The van der Waals surface area contributed by atoms with Crippen molar-refractivity contribution in [3.63, 3.8) is 0 Å². The Labute approximate surface area is 115 Å². The van der Waals surface area contributed by atoms with Gasteiger partial charge in [0.25, 0.3) is 10.0 Å². The number of hydrogen-bond donors (Lipinski definition) is 2. The molecule has 1 unspecified atom stereocenters. The maximum atomic E-state index is 12.1. The minimum atomic E-state index is -3.69. The van der Waals surface area contributed by atoms with E-state index in [2.05, 4.69) is 14.7 Å². The van der Waals surface area contributed by atoms with E-state index in [4.69, 9.17) is 5.73 Å². The van der Waals surface area contributed by atoms with Gasteiger partial charge < -0.3 is 5.73 Å². The highest BCUT2D eigenvalue weighted by molar-refractivity contribution is 7.89. The van der Waals surface area contributed by atoms with Crippen LogP contribution < -0.4 is 10.5 Å². The van der Waals surface area contributed by atoms with E-state index in [1.807, 2.05) is 12.3 Å². The van der Waals surface area contributed by atoms with E-state index in [9.17, 15) is 8.42 Å². The Balaban J connectivity index is 2.09. The van der Waals surface area contributed by atoms with Crippen LogP contribution in [0, 0.1) is 0 Å². The molecule has 2 aromatic rings. The van der Waals surface area contributed by atoms with Crippen LogP contribution in [0.15, 0.2) is 34.9 Å². The molecule has 2 rings (SSSR count). The van der Waals surface area contributed by atoms with E-state index >= 15 is 0 Å². The Kier molecular flexibility index (Phi) is 4.13. The van der Waals surface area contributed by atoms with Crippen LogP contribution in [0.1, 0.15) is 17.8 Å². The molecule has 0 amide bonds. The van der Waals surface area contributed by atoms with Crippen molar-refractivity contribution in [1.29, 1.82) is 0 Å². The van der Waals surface area contributed by atoms with Crippen LogP contribution in [0.4, 0.5) is 5.69 Å². The van der Waals surface area contributed by atoms with Crippen LogP contribution in [0.25, 0.3) is 0 Å². The van der Waals surface area contributed by atoms with Crippen molar-refractivity contribution in [3.05, 3.63) is 34.9 Å². The quantitative estimate of drug-likeness (QED) is 0.864. The molecule has 0 aliphatic rings. The molecule has 3 N–H and O–H groups in total. The summed E-state index contributed by atoms with van der Waals surface area (Å²) in [7, 11) is -3.69. The molecule has 2 heterocycles. The Morgan fingerprint density at radius 3 is 2.84 bits per heavy atom. The molecule has 0 fully saturated rings. The summed E-state index contributed by atoms with van der Waals surface area (Å²) < 4.78 is 26.6. The highest BCUT2D eigenvalue weighted by Gasteiger charge is 2.20. The zero-order valence-electron chi connectivity index (χ0n) is 10.3.